The van der Waals surface area contributed by atoms with Gasteiger partial charge in [0.05, 0.1) is 6.54 Å². The van der Waals surface area contributed by atoms with Crippen molar-refractivity contribution >= 4 is 28.8 Å². The molecule has 0 saturated carbocycles. The van der Waals surface area contributed by atoms with Crippen molar-refractivity contribution in [3.05, 3.63) is 76.0 Å². The Hall–Kier alpha value is -3.20. The summed E-state index contributed by atoms with van der Waals surface area (Å²) in [6, 6.07) is 16.9. The van der Waals surface area contributed by atoms with E-state index in [-0.39, 0.29) is 24.9 Å². The van der Waals surface area contributed by atoms with Gasteiger partial charge in [-0.1, -0.05) is 50.2 Å². The maximum absolute atomic E-state index is 13.3. The number of hydrogen-bond acceptors (Lipinski definition) is 6. The van der Waals surface area contributed by atoms with Crippen LogP contribution in [0.4, 0.5) is 5.69 Å². The summed E-state index contributed by atoms with van der Waals surface area (Å²) in [6.07, 6.45) is 0. The third-order valence-electron chi connectivity index (χ3n) is 6.74. The van der Waals surface area contributed by atoms with E-state index in [2.05, 4.69) is 71.6 Å². The zero-order valence-corrected chi connectivity index (χ0v) is 23.0. The van der Waals surface area contributed by atoms with Crippen LogP contribution in [0.15, 0.2) is 59.3 Å². The highest BCUT2D eigenvalue weighted by molar-refractivity contribution is 7.08. The van der Waals surface area contributed by atoms with Crippen LogP contribution >= 0.6 is 11.3 Å². The second-order valence-corrected chi connectivity index (χ2v) is 10.6. The highest BCUT2D eigenvalue weighted by Gasteiger charge is 2.27. The van der Waals surface area contributed by atoms with E-state index in [1.54, 1.807) is 28.3 Å². The fraction of sp³-hybridized carbons (Fsp3) is 0.379. The first-order valence-corrected chi connectivity index (χ1v) is 13.7. The molecule has 2 N–H and O–H groups in total. The Balaban J connectivity index is 1.39. The normalized spacial score (nSPS) is 13.0. The van der Waals surface area contributed by atoms with Gasteiger partial charge in [0.2, 0.25) is 5.91 Å². The number of nitrogens with zero attached hydrogens (tertiary/aromatic N) is 3. The molecule has 0 spiro atoms. The molecule has 3 aromatic rings. The average molecular weight is 520 g/mol. The standard InChI is InChI=1S/C29H37N5O2S/c1-21(2)30-12-13-33(19-29(36)32(4)34-17-24-7-5-6-8-25(24)18-34)28(35)16-31-27-15-23(10-9-22(27)3)26-11-14-37-20-26/h5-11,14-15,20-21,30-31H,12-13,16-19H2,1-4H3. The molecule has 4 rings (SSSR count). The molecule has 0 radical (unpaired) electrons. The summed E-state index contributed by atoms with van der Waals surface area (Å²) in [5.74, 6) is -0.196. The number of fused-ring (bicyclic) bond motifs is 1. The van der Waals surface area contributed by atoms with Crippen LogP contribution in [-0.4, -0.2) is 66.0 Å². The molecule has 0 atom stereocenters. The second kappa shape index (κ2) is 12.4. The Morgan fingerprint density at radius 3 is 2.41 bits per heavy atom. The number of benzene rings is 2. The van der Waals surface area contributed by atoms with Gasteiger partial charge in [-0.05, 0) is 57.6 Å². The fourth-order valence-corrected chi connectivity index (χ4v) is 5.10. The van der Waals surface area contributed by atoms with Crippen molar-refractivity contribution in [1.82, 2.24) is 20.2 Å². The van der Waals surface area contributed by atoms with Crippen molar-refractivity contribution in [2.45, 2.75) is 39.9 Å². The minimum absolute atomic E-state index is 0.0392. The molecular weight excluding hydrogens is 482 g/mol. The van der Waals surface area contributed by atoms with Gasteiger partial charge in [-0.15, -0.1) is 0 Å². The summed E-state index contributed by atoms with van der Waals surface area (Å²) < 4.78 is 0. The number of likely N-dealkylation sites (N-methyl/N-ethyl adjacent to an activating group) is 1. The van der Waals surface area contributed by atoms with E-state index >= 15 is 0 Å². The second-order valence-electron chi connectivity index (χ2n) is 9.83. The number of hydrogen-bond donors (Lipinski definition) is 2. The van der Waals surface area contributed by atoms with Gasteiger partial charge in [0.25, 0.3) is 5.91 Å². The molecule has 2 aromatic carbocycles. The summed E-state index contributed by atoms with van der Waals surface area (Å²) in [6.45, 7) is 8.82. The molecule has 0 saturated heterocycles. The van der Waals surface area contributed by atoms with Gasteiger partial charge >= 0.3 is 0 Å². The van der Waals surface area contributed by atoms with Gasteiger partial charge in [-0.3, -0.25) is 14.6 Å². The van der Waals surface area contributed by atoms with Crippen molar-refractivity contribution in [1.29, 1.82) is 0 Å². The highest BCUT2D eigenvalue weighted by Crippen LogP contribution is 2.27. The number of aryl methyl sites for hydroxylation is 1. The maximum atomic E-state index is 13.3. The highest BCUT2D eigenvalue weighted by atomic mass is 32.1. The van der Waals surface area contributed by atoms with E-state index in [1.807, 2.05) is 24.1 Å². The molecule has 0 bridgehead atoms. The number of anilines is 1. The zero-order chi connectivity index (χ0) is 26.4. The molecule has 7 nitrogen and oxygen atoms in total. The maximum Gasteiger partial charge on any atom is 0.256 e. The monoisotopic (exact) mass is 519 g/mol. The van der Waals surface area contributed by atoms with Crippen molar-refractivity contribution < 1.29 is 9.59 Å². The van der Waals surface area contributed by atoms with Crippen LogP contribution < -0.4 is 10.6 Å². The first-order chi connectivity index (χ1) is 17.8. The van der Waals surface area contributed by atoms with Gasteiger partial charge in [0.15, 0.2) is 0 Å². The molecule has 2 heterocycles. The van der Waals surface area contributed by atoms with E-state index in [0.29, 0.717) is 32.2 Å². The molecule has 1 aliphatic rings. The number of nitrogens with one attached hydrogen (secondary N) is 2. The molecule has 196 valence electrons. The van der Waals surface area contributed by atoms with Crippen molar-refractivity contribution in [3.63, 3.8) is 0 Å². The van der Waals surface area contributed by atoms with E-state index in [4.69, 9.17) is 0 Å². The zero-order valence-electron chi connectivity index (χ0n) is 22.2. The number of carbonyl (C=O) groups is 2. The summed E-state index contributed by atoms with van der Waals surface area (Å²) in [5, 5.41) is 14.5. The molecule has 0 unspecified atom stereocenters. The first kappa shape index (κ1) is 26.9. The van der Waals surface area contributed by atoms with Crippen molar-refractivity contribution in [3.8, 4) is 11.1 Å². The van der Waals surface area contributed by atoms with Crippen LogP contribution in [0.25, 0.3) is 11.1 Å². The van der Waals surface area contributed by atoms with Crippen LogP contribution in [0.2, 0.25) is 0 Å². The largest absolute Gasteiger partial charge is 0.376 e. The smallest absolute Gasteiger partial charge is 0.256 e. The number of hydrazine groups is 1. The SMILES string of the molecule is Cc1ccc(-c2ccsc2)cc1NCC(=O)N(CCNC(C)C)CC(=O)N(C)N1Cc2ccccc2C1. The van der Waals surface area contributed by atoms with Crippen LogP contribution in [0, 0.1) is 6.92 Å². The minimum Gasteiger partial charge on any atom is -0.376 e. The average Bonchev–Trinajstić information content (AvgIpc) is 3.57. The van der Waals surface area contributed by atoms with E-state index < -0.39 is 0 Å². The lowest BCUT2D eigenvalue weighted by atomic mass is 10.1. The van der Waals surface area contributed by atoms with Gasteiger partial charge < -0.3 is 15.5 Å². The molecular formula is C29H37N5O2S. The Bertz CT molecular complexity index is 1190. The van der Waals surface area contributed by atoms with Crippen molar-refractivity contribution in [2.24, 2.45) is 0 Å². The van der Waals surface area contributed by atoms with Crippen LogP contribution in [0.1, 0.15) is 30.5 Å². The number of rotatable bonds is 11. The predicted molar refractivity (Wildman–Crippen MR) is 151 cm³/mol. The third-order valence-corrected chi connectivity index (χ3v) is 7.43. The van der Waals surface area contributed by atoms with Crippen LogP contribution in [-0.2, 0) is 22.7 Å². The Morgan fingerprint density at radius 1 is 1.03 bits per heavy atom. The van der Waals surface area contributed by atoms with Crippen LogP contribution in [0.5, 0.6) is 0 Å². The van der Waals surface area contributed by atoms with Gasteiger partial charge in [-0.25, -0.2) is 5.01 Å². The van der Waals surface area contributed by atoms with Gasteiger partial charge in [-0.2, -0.15) is 11.3 Å². The lowest BCUT2D eigenvalue weighted by Crippen LogP contribution is -2.49. The number of carbonyl (C=O) groups excluding carboxylic acids is 2. The lowest BCUT2D eigenvalue weighted by molar-refractivity contribution is -0.151. The summed E-state index contributed by atoms with van der Waals surface area (Å²) in [7, 11) is 1.79. The summed E-state index contributed by atoms with van der Waals surface area (Å²) in [4.78, 5) is 28.2. The Kier molecular flexibility index (Phi) is 8.97. The van der Waals surface area contributed by atoms with Gasteiger partial charge in [0, 0.05) is 45.0 Å². The number of thiophene rings is 1. The van der Waals surface area contributed by atoms with Gasteiger partial charge in [0.1, 0.15) is 6.54 Å². The molecule has 0 aliphatic carbocycles. The Morgan fingerprint density at radius 2 is 1.76 bits per heavy atom. The quantitative estimate of drug-likeness (QED) is 0.394. The van der Waals surface area contributed by atoms with E-state index in [9.17, 15) is 9.59 Å². The third kappa shape index (κ3) is 6.97. The summed E-state index contributed by atoms with van der Waals surface area (Å²) in [5.41, 5.74) is 6.75. The van der Waals surface area contributed by atoms with E-state index in [1.165, 1.54) is 16.7 Å². The molecule has 1 aromatic heterocycles. The van der Waals surface area contributed by atoms with E-state index in [0.717, 1.165) is 16.8 Å². The fourth-order valence-electron chi connectivity index (χ4n) is 4.43. The predicted octanol–water partition coefficient (Wildman–Crippen LogP) is 4.35. The Labute approximate surface area is 224 Å². The molecule has 37 heavy (non-hydrogen) atoms. The molecule has 0 fully saturated rings. The molecule has 2 amide bonds. The van der Waals surface area contributed by atoms with Crippen LogP contribution in [0.3, 0.4) is 0 Å². The molecule has 8 heteroatoms. The first-order valence-electron chi connectivity index (χ1n) is 12.8. The topological polar surface area (TPSA) is 67.9 Å². The molecule has 1 aliphatic heterocycles. The minimum atomic E-state index is -0.0997. The van der Waals surface area contributed by atoms with Crippen molar-refractivity contribution in [2.75, 3.05) is 38.5 Å². The summed E-state index contributed by atoms with van der Waals surface area (Å²) >= 11 is 1.66. The number of amides is 2. The lowest BCUT2D eigenvalue weighted by Gasteiger charge is -2.31.